The van der Waals surface area contributed by atoms with Crippen molar-refractivity contribution < 1.29 is 0 Å². The quantitative estimate of drug-likeness (QED) is 0.738. The van der Waals surface area contributed by atoms with E-state index in [-0.39, 0.29) is 0 Å². The van der Waals surface area contributed by atoms with Crippen molar-refractivity contribution in [1.29, 1.82) is 0 Å². The summed E-state index contributed by atoms with van der Waals surface area (Å²) in [6, 6.07) is 8.41. The molecule has 1 heterocycles. The van der Waals surface area contributed by atoms with Gasteiger partial charge in [0.15, 0.2) is 0 Å². The van der Waals surface area contributed by atoms with E-state index < -0.39 is 0 Å². The van der Waals surface area contributed by atoms with Gasteiger partial charge in [0.1, 0.15) is 0 Å². The monoisotopic (exact) mass is 174 g/mol. The fourth-order valence-corrected chi connectivity index (χ4v) is 1.60. The molecule has 13 heavy (non-hydrogen) atoms. The number of nitrogens with zero attached hydrogens (tertiary/aromatic N) is 1. The van der Waals surface area contributed by atoms with Gasteiger partial charge in [0.05, 0.1) is 12.2 Å². The summed E-state index contributed by atoms with van der Waals surface area (Å²) in [4.78, 5) is 0. The Morgan fingerprint density at radius 3 is 3.08 bits per heavy atom. The second-order valence-electron chi connectivity index (χ2n) is 3.08. The van der Waals surface area contributed by atoms with Gasteiger partial charge in [-0.25, -0.2) is 5.43 Å². The van der Waals surface area contributed by atoms with Crippen molar-refractivity contribution in [2.75, 3.05) is 18.1 Å². The molecule has 1 aromatic carbocycles. The Hall–Kier alpha value is -1.28. The Balaban J connectivity index is 2.32. The van der Waals surface area contributed by atoms with Crippen LogP contribution in [-0.4, -0.2) is 13.1 Å². The Morgan fingerprint density at radius 2 is 2.23 bits per heavy atom. The van der Waals surface area contributed by atoms with Gasteiger partial charge >= 0.3 is 0 Å². The van der Waals surface area contributed by atoms with E-state index in [0.29, 0.717) is 0 Å². The molecule has 1 aliphatic rings. The molecule has 0 amide bonds. The summed E-state index contributed by atoms with van der Waals surface area (Å²) in [6.45, 7) is 4.02. The summed E-state index contributed by atoms with van der Waals surface area (Å²) in [5.74, 6) is 0. The molecule has 2 rings (SSSR count). The van der Waals surface area contributed by atoms with Gasteiger partial charge in [-0.15, -0.1) is 0 Å². The van der Waals surface area contributed by atoms with Crippen molar-refractivity contribution in [2.45, 2.75) is 6.92 Å². The predicted octanol–water partition coefficient (Wildman–Crippen LogP) is 2.04. The van der Waals surface area contributed by atoms with Gasteiger partial charge in [0, 0.05) is 6.54 Å². The van der Waals surface area contributed by atoms with Gasteiger partial charge in [0.2, 0.25) is 0 Å². The largest absolute Gasteiger partial charge is 0.304 e. The van der Waals surface area contributed by atoms with Crippen LogP contribution in [0.25, 0.3) is 6.08 Å². The van der Waals surface area contributed by atoms with E-state index in [1.807, 2.05) is 0 Å². The van der Waals surface area contributed by atoms with E-state index in [1.165, 1.54) is 11.3 Å². The standard InChI is InChI=1S/C11H14N2/c1-2-12-13-9-5-7-10-6-3-4-8-11(10)13/h3-8,12H,2,9H2,1H3. The maximum absolute atomic E-state index is 3.32. The predicted molar refractivity (Wildman–Crippen MR) is 56.5 cm³/mol. The average molecular weight is 174 g/mol. The zero-order valence-electron chi connectivity index (χ0n) is 7.83. The van der Waals surface area contributed by atoms with Gasteiger partial charge in [-0.3, -0.25) is 0 Å². The van der Waals surface area contributed by atoms with E-state index in [4.69, 9.17) is 0 Å². The van der Waals surface area contributed by atoms with E-state index >= 15 is 0 Å². The lowest BCUT2D eigenvalue weighted by Crippen LogP contribution is -2.39. The van der Waals surface area contributed by atoms with Gasteiger partial charge < -0.3 is 5.01 Å². The van der Waals surface area contributed by atoms with Gasteiger partial charge in [-0.1, -0.05) is 37.3 Å². The zero-order chi connectivity index (χ0) is 9.10. The third-order valence-corrected chi connectivity index (χ3v) is 2.16. The van der Waals surface area contributed by atoms with Gasteiger partial charge in [0.25, 0.3) is 0 Å². The summed E-state index contributed by atoms with van der Waals surface area (Å²) in [5, 5.41) is 2.18. The average Bonchev–Trinajstić information content (AvgIpc) is 2.19. The van der Waals surface area contributed by atoms with Crippen LogP contribution in [0.3, 0.4) is 0 Å². The highest BCUT2D eigenvalue weighted by atomic mass is 15.5. The molecule has 1 aliphatic heterocycles. The molecule has 0 atom stereocenters. The molecule has 1 aromatic rings. The van der Waals surface area contributed by atoms with Crippen LogP contribution < -0.4 is 10.4 Å². The molecule has 0 aromatic heterocycles. The first-order valence-electron chi connectivity index (χ1n) is 4.68. The third kappa shape index (κ3) is 1.58. The van der Waals surface area contributed by atoms with Crippen LogP contribution in [0.5, 0.6) is 0 Å². The zero-order valence-corrected chi connectivity index (χ0v) is 7.83. The smallest absolute Gasteiger partial charge is 0.0595 e. The Labute approximate surface area is 78.8 Å². The first-order chi connectivity index (χ1) is 6.42. The van der Waals surface area contributed by atoms with E-state index in [9.17, 15) is 0 Å². The number of benzene rings is 1. The number of nitrogens with one attached hydrogen (secondary N) is 1. The summed E-state index contributed by atoms with van der Waals surface area (Å²) in [6.07, 6.45) is 4.34. The molecular weight excluding hydrogens is 160 g/mol. The van der Waals surface area contributed by atoms with Crippen LogP contribution in [-0.2, 0) is 0 Å². The normalized spacial score (nSPS) is 14.4. The van der Waals surface area contributed by atoms with Crippen molar-refractivity contribution in [3.8, 4) is 0 Å². The highest BCUT2D eigenvalue weighted by Gasteiger charge is 2.10. The van der Waals surface area contributed by atoms with Gasteiger partial charge in [-0.05, 0) is 11.6 Å². The molecule has 0 saturated heterocycles. The molecule has 0 radical (unpaired) electrons. The minimum Gasteiger partial charge on any atom is -0.304 e. The van der Waals surface area contributed by atoms with Crippen LogP contribution in [0.1, 0.15) is 12.5 Å². The number of hydrazine groups is 1. The number of hydrogen-bond acceptors (Lipinski definition) is 2. The molecular formula is C11H14N2. The highest BCUT2D eigenvalue weighted by Crippen LogP contribution is 2.23. The minimum atomic E-state index is 0.949. The minimum absolute atomic E-state index is 0.949. The van der Waals surface area contributed by atoms with Crippen LogP contribution >= 0.6 is 0 Å². The first kappa shape index (κ1) is 8.32. The second-order valence-corrected chi connectivity index (χ2v) is 3.08. The van der Waals surface area contributed by atoms with Crippen LogP contribution in [0.15, 0.2) is 30.3 Å². The fourth-order valence-electron chi connectivity index (χ4n) is 1.60. The lowest BCUT2D eigenvalue weighted by atomic mass is 10.1. The lowest BCUT2D eigenvalue weighted by molar-refractivity contribution is 0.678. The number of fused-ring (bicyclic) bond motifs is 1. The summed E-state index contributed by atoms with van der Waals surface area (Å²) < 4.78 is 0. The lowest BCUT2D eigenvalue weighted by Gasteiger charge is -2.27. The van der Waals surface area contributed by atoms with Crippen LogP contribution in [0.4, 0.5) is 5.69 Å². The topological polar surface area (TPSA) is 15.3 Å². The number of para-hydroxylation sites is 1. The maximum atomic E-state index is 3.32. The number of anilines is 1. The molecule has 0 saturated carbocycles. The molecule has 0 bridgehead atoms. The molecule has 0 aliphatic carbocycles. The van der Waals surface area contributed by atoms with Crippen LogP contribution in [0, 0.1) is 0 Å². The second kappa shape index (κ2) is 3.62. The molecule has 0 spiro atoms. The molecule has 0 unspecified atom stereocenters. The van der Waals surface area contributed by atoms with Crippen molar-refractivity contribution in [3.05, 3.63) is 35.9 Å². The Kier molecular flexibility index (Phi) is 2.32. The number of rotatable bonds is 2. The fraction of sp³-hybridized carbons (Fsp3) is 0.273. The molecule has 68 valence electrons. The molecule has 1 N–H and O–H groups in total. The third-order valence-electron chi connectivity index (χ3n) is 2.16. The van der Waals surface area contributed by atoms with Gasteiger partial charge in [-0.2, -0.15) is 0 Å². The van der Waals surface area contributed by atoms with Crippen molar-refractivity contribution in [3.63, 3.8) is 0 Å². The number of hydrogen-bond donors (Lipinski definition) is 1. The summed E-state index contributed by atoms with van der Waals surface area (Å²) in [5.41, 5.74) is 5.88. The van der Waals surface area contributed by atoms with E-state index in [2.05, 4.69) is 53.8 Å². The summed E-state index contributed by atoms with van der Waals surface area (Å²) >= 11 is 0. The Bertz CT molecular complexity index is 318. The summed E-state index contributed by atoms with van der Waals surface area (Å²) in [7, 11) is 0. The molecule has 2 nitrogen and oxygen atoms in total. The van der Waals surface area contributed by atoms with Crippen molar-refractivity contribution in [1.82, 2.24) is 5.43 Å². The van der Waals surface area contributed by atoms with Crippen molar-refractivity contribution in [2.24, 2.45) is 0 Å². The SMILES string of the molecule is CCNN1CC=Cc2ccccc21. The highest BCUT2D eigenvalue weighted by molar-refractivity contribution is 5.70. The maximum Gasteiger partial charge on any atom is 0.0595 e. The van der Waals surface area contributed by atoms with Crippen molar-refractivity contribution >= 4 is 11.8 Å². The molecule has 2 heteroatoms. The first-order valence-corrected chi connectivity index (χ1v) is 4.68. The van der Waals surface area contributed by atoms with Crippen LogP contribution in [0.2, 0.25) is 0 Å². The molecule has 0 fully saturated rings. The van der Waals surface area contributed by atoms with E-state index in [1.54, 1.807) is 0 Å². The Morgan fingerprint density at radius 1 is 1.38 bits per heavy atom. The van der Waals surface area contributed by atoms with E-state index in [0.717, 1.165) is 13.1 Å².